The Labute approximate surface area is 164 Å². The Bertz CT molecular complexity index is 857. The van der Waals surface area contributed by atoms with Crippen LogP contribution in [0.4, 0.5) is 11.4 Å². The highest BCUT2D eigenvalue weighted by Crippen LogP contribution is 2.30. The molecule has 2 aliphatic rings. The molecule has 2 heterocycles. The van der Waals surface area contributed by atoms with Crippen molar-refractivity contribution in [1.82, 2.24) is 5.32 Å². The second kappa shape index (κ2) is 7.50. The van der Waals surface area contributed by atoms with E-state index >= 15 is 0 Å². The van der Waals surface area contributed by atoms with Crippen molar-refractivity contribution in [2.45, 2.75) is 32.0 Å². The second-order valence-corrected chi connectivity index (χ2v) is 7.79. The maximum Gasteiger partial charge on any atom is 0.259 e. The molecule has 0 aromatic heterocycles. The Morgan fingerprint density at radius 2 is 2.04 bits per heavy atom. The molecule has 27 heavy (non-hydrogen) atoms. The van der Waals surface area contributed by atoms with Crippen LogP contribution in [0.25, 0.3) is 0 Å². The summed E-state index contributed by atoms with van der Waals surface area (Å²) in [5.41, 5.74) is 3.49. The number of rotatable bonds is 2. The van der Waals surface area contributed by atoms with Crippen LogP contribution in [-0.4, -0.2) is 42.8 Å². The number of benzene rings is 2. The number of aliphatic hydroxyl groups is 1. The molecule has 0 spiro atoms. The molecule has 6 heteroatoms. The van der Waals surface area contributed by atoms with Gasteiger partial charge in [-0.2, -0.15) is 0 Å². The average molecular weight is 386 g/mol. The van der Waals surface area contributed by atoms with E-state index in [1.165, 1.54) is 0 Å². The van der Waals surface area contributed by atoms with Crippen molar-refractivity contribution >= 4 is 28.9 Å². The van der Waals surface area contributed by atoms with E-state index in [-0.39, 0.29) is 18.1 Å². The Hall–Kier alpha value is -2.08. The third-order valence-electron chi connectivity index (χ3n) is 5.34. The van der Waals surface area contributed by atoms with Gasteiger partial charge in [0.1, 0.15) is 0 Å². The van der Waals surface area contributed by atoms with E-state index in [1.807, 2.05) is 41.3 Å². The van der Waals surface area contributed by atoms with Crippen molar-refractivity contribution in [3.05, 3.63) is 58.6 Å². The smallest absolute Gasteiger partial charge is 0.259 e. The molecule has 0 radical (unpaired) electrons. The number of anilines is 2. The molecule has 142 valence electrons. The predicted octanol–water partition coefficient (Wildman–Crippen LogP) is 3.05. The van der Waals surface area contributed by atoms with Gasteiger partial charge in [0.05, 0.1) is 16.7 Å². The van der Waals surface area contributed by atoms with Gasteiger partial charge < -0.3 is 20.2 Å². The molecule has 2 atom stereocenters. The molecular weight excluding hydrogens is 362 g/mol. The van der Waals surface area contributed by atoms with Crippen molar-refractivity contribution < 1.29 is 9.90 Å². The lowest BCUT2D eigenvalue weighted by Gasteiger charge is -2.25. The molecule has 1 amide bonds. The van der Waals surface area contributed by atoms with Gasteiger partial charge in [0, 0.05) is 43.6 Å². The number of carbonyl (C=O) groups is 1. The lowest BCUT2D eigenvalue weighted by molar-refractivity contribution is 0.0985. The maximum absolute atomic E-state index is 13.3. The molecule has 1 unspecified atom stereocenters. The number of aliphatic hydroxyl groups excluding tert-OH is 1. The van der Waals surface area contributed by atoms with E-state index in [2.05, 4.69) is 17.1 Å². The van der Waals surface area contributed by atoms with E-state index in [0.717, 1.165) is 36.4 Å². The van der Waals surface area contributed by atoms with Crippen molar-refractivity contribution in [2.75, 3.05) is 29.4 Å². The monoisotopic (exact) mass is 385 g/mol. The quantitative estimate of drug-likeness (QED) is 0.834. The summed E-state index contributed by atoms with van der Waals surface area (Å²) in [6.07, 6.45) is 0.459. The van der Waals surface area contributed by atoms with Gasteiger partial charge in [0.2, 0.25) is 0 Å². The zero-order valence-electron chi connectivity index (χ0n) is 15.4. The first kappa shape index (κ1) is 18.3. The van der Waals surface area contributed by atoms with Crippen LogP contribution in [0.15, 0.2) is 42.5 Å². The highest BCUT2D eigenvalue weighted by molar-refractivity contribution is 6.34. The molecule has 2 aliphatic heterocycles. The second-order valence-electron chi connectivity index (χ2n) is 7.38. The highest BCUT2D eigenvalue weighted by atomic mass is 35.5. The van der Waals surface area contributed by atoms with E-state index in [0.29, 0.717) is 23.7 Å². The summed E-state index contributed by atoms with van der Waals surface area (Å²) < 4.78 is 0. The van der Waals surface area contributed by atoms with Crippen LogP contribution in [-0.2, 0) is 6.54 Å². The molecule has 1 fully saturated rings. The summed E-state index contributed by atoms with van der Waals surface area (Å²) in [6, 6.07) is 13.7. The van der Waals surface area contributed by atoms with Crippen molar-refractivity contribution in [2.24, 2.45) is 0 Å². The van der Waals surface area contributed by atoms with E-state index in [9.17, 15) is 9.90 Å². The van der Waals surface area contributed by atoms with Gasteiger partial charge in [-0.3, -0.25) is 4.79 Å². The van der Waals surface area contributed by atoms with Crippen LogP contribution in [0.1, 0.15) is 29.3 Å². The van der Waals surface area contributed by atoms with E-state index in [1.54, 1.807) is 6.07 Å². The normalized spacial score (nSPS) is 22.5. The number of hydrogen-bond acceptors (Lipinski definition) is 4. The van der Waals surface area contributed by atoms with Crippen LogP contribution in [0.2, 0.25) is 5.02 Å². The third-order valence-corrected chi connectivity index (χ3v) is 5.65. The molecule has 0 bridgehead atoms. The van der Waals surface area contributed by atoms with Gasteiger partial charge in [-0.25, -0.2) is 0 Å². The number of amides is 1. The zero-order valence-corrected chi connectivity index (χ0v) is 16.1. The number of hydrogen-bond donors (Lipinski definition) is 2. The molecule has 2 N–H and O–H groups in total. The van der Waals surface area contributed by atoms with Crippen LogP contribution in [0.5, 0.6) is 0 Å². The van der Waals surface area contributed by atoms with Gasteiger partial charge in [0.15, 0.2) is 0 Å². The zero-order chi connectivity index (χ0) is 19.0. The molecule has 4 rings (SSSR count). The van der Waals surface area contributed by atoms with Crippen molar-refractivity contribution in [3.8, 4) is 0 Å². The number of fused-ring (bicyclic) bond motifs is 1. The fourth-order valence-electron chi connectivity index (χ4n) is 3.83. The van der Waals surface area contributed by atoms with Crippen LogP contribution < -0.4 is 15.1 Å². The van der Waals surface area contributed by atoms with Gasteiger partial charge in [-0.1, -0.05) is 29.8 Å². The number of para-hydroxylation sites is 1. The Kier molecular flexibility index (Phi) is 5.08. The number of halogens is 1. The van der Waals surface area contributed by atoms with Crippen LogP contribution in [0, 0.1) is 0 Å². The first-order valence-electron chi connectivity index (χ1n) is 9.38. The first-order chi connectivity index (χ1) is 13.0. The van der Waals surface area contributed by atoms with Crippen LogP contribution >= 0.6 is 11.6 Å². The third kappa shape index (κ3) is 3.68. The summed E-state index contributed by atoms with van der Waals surface area (Å²) in [5, 5.41) is 13.6. The van der Waals surface area contributed by atoms with E-state index in [4.69, 9.17) is 11.6 Å². The topological polar surface area (TPSA) is 55.8 Å². The number of β-amino-alcohol motifs (C(OH)–C–C–N with tert-alkyl or cyclic N) is 1. The number of nitrogens with one attached hydrogen (secondary N) is 1. The van der Waals surface area contributed by atoms with Crippen LogP contribution in [0.3, 0.4) is 0 Å². The largest absolute Gasteiger partial charge is 0.391 e. The summed E-state index contributed by atoms with van der Waals surface area (Å²) in [5.74, 6) is -0.0870. The van der Waals surface area contributed by atoms with Crippen molar-refractivity contribution in [1.29, 1.82) is 0 Å². The van der Waals surface area contributed by atoms with Gasteiger partial charge in [-0.15, -0.1) is 0 Å². The Balaban J connectivity index is 1.64. The fraction of sp³-hybridized carbons (Fsp3) is 0.381. The standard InChI is InChI=1S/C21H24ClN3O2/c1-14-12-25(20-5-3-2-4-15(20)11-23-14)21(27)18-7-6-16(10-19(18)22)24-9-8-17(26)13-24/h2-7,10,14,17,23,26H,8-9,11-13H2,1H3/t14-,17?/m1/s1. The lowest BCUT2D eigenvalue weighted by Crippen LogP contribution is -2.39. The minimum atomic E-state index is -0.298. The molecule has 2 aromatic rings. The Morgan fingerprint density at radius 1 is 1.22 bits per heavy atom. The maximum atomic E-state index is 13.3. The highest BCUT2D eigenvalue weighted by Gasteiger charge is 2.27. The summed E-state index contributed by atoms with van der Waals surface area (Å²) >= 11 is 6.51. The van der Waals surface area contributed by atoms with Gasteiger partial charge >= 0.3 is 0 Å². The van der Waals surface area contributed by atoms with E-state index < -0.39 is 0 Å². The van der Waals surface area contributed by atoms with Gasteiger partial charge in [-0.05, 0) is 43.2 Å². The average Bonchev–Trinajstić information content (AvgIpc) is 3.03. The molecule has 2 aromatic carbocycles. The predicted molar refractivity (Wildman–Crippen MR) is 109 cm³/mol. The summed E-state index contributed by atoms with van der Waals surface area (Å²) in [7, 11) is 0. The molecule has 1 saturated heterocycles. The molecule has 0 saturated carbocycles. The number of nitrogens with zero attached hydrogens (tertiary/aromatic N) is 2. The molecular formula is C21H24ClN3O2. The first-order valence-corrected chi connectivity index (χ1v) is 9.76. The fourth-order valence-corrected chi connectivity index (χ4v) is 4.09. The summed E-state index contributed by atoms with van der Waals surface area (Å²) in [4.78, 5) is 17.2. The number of carbonyl (C=O) groups excluding carboxylic acids is 1. The minimum absolute atomic E-state index is 0.0870. The Morgan fingerprint density at radius 3 is 2.78 bits per heavy atom. The molecule has 0 aliphatic carbocycles. The van der Waals surface area contributed by atoms with Crippen molar-refractivity contribution in [3.63, 3.8) is 0 Å². The SMILES string of the molecule is C[C@@H]1CN(C(=O)c2ccc(N3CCC(O)C3)cc2Cl)c2ccccc2CN1. The molecule has 5 nitrogen and oxygen atoms in total. The summed E-state index contributed by atoms with van der Waals surface area (Å²) in [6.45, 7) is 4.81. The minimum Gasteiger partial charge on any atom is -0.391 e. The lowest BCUT2D eigenvalue weighted by atomic mass is 10.1. The van der Waals surface area contributed by atoms with Gasteiger partial charge in [0.25, 0.3) is 5.91 Å².